The number of aryl methyl sites for hydroxylation is 2. The molecule has 2 aromatic heterocycles. The molecule has 5 heteroatoms. The molecule has 23 heavy (non-hydrogen) atoms. The number of imidazole rings is 1. The van der Waals surface area contributed by atoms with Crippen LogP contribution >= 0.6 is 0 Å². The van der Waals surface area contributed by atoms with Gasteiger partial charge >= 0.3 is 0 Å². The number of hydrogen-bond acceptors (Lipinski definition) is 3. The van der Waals surface area contributed by atoms with Crippen LogP contribution in [0.1, 0.15) is 54.9 Å². The second-order valence-electron chi connectivity index (χ2n) is 7.32. The van der Waals surface area contributed by atoms with Gasteiger partial charge in [-0.15, -0.1) is 0 Å². The van der Waals surface area contributed by atoms with Gasteiger partial charge in [-0.2, -0.15) is 0 Å². The maximum atomic E-state index is 12.3. The van der Waals surface area contributed by atoms with Gasteiger partial charge in [-0.1, -0.05) is 26.8 Å². The van der Waals surface area contributed by atoms with Crippen LogP contribution in [0.2, 0.25) is 0 Å². The van der Waals surface area contributed by atoms with Crippen molar-refractivity contribution in [2.75, 3.05) is 0 Å². The Morgan fingerprint density at radius 2 is 2.09 bits per heavy atom. The van der Waals surface area contributed by atoms with Crippen LogP contribution in [0.15, 0.2) is 24.4 Å². The van der Waals surface area contributed by atoms with E-state index in [1.54, 1.807) is 6.07 Å². The zero-order valence-electron chi connectivity index (χ0n) is 14.3. The van der Waals surface area contributed by atoms with E-state index in [0.717, 1.165) is 36.6 Å². The zero-order valence-corrected chi connectivity index (χ0v) is 14.3. The summed E-state index contributed by atoms with van der Waals surface area (Å²) in [6, 6.07) is 5.63. The third-order valence-corrected chi connectivity index (χ3v) is 4.22. The highest BCUT2D eigenvalue weighted by Gasteiger charge is 2.25. The van der Waals surface area contributed by atoms with Crippen molar-refractivity contribution in [1.82, 2.24) is 19.9 Å². The van der Waals surface area contributed by atoms with Gasteiger partial charge in [0.15, 0.2) is 0 Å². The highest BCUT2D eigenvalue weighted by Crippen LogP contribution is 2.24. The Morgan fingerprint density at radius 1 is 1.30 bits per heavy atom. The van der Waals surface area contributed by atoms with Crippen LogP contribution in [-0.4, -0.2) is 26.5 Å². The highest BCUT2D eigenvalue weighted by molar-refractivity contribution is 5.92. The van der Waals surface area contributed by atoms with Crippen molar-refractivity contribution in [3.8, 4) is 0 Å². The average Bonchev–Trinajstić information content (AvgIpc) is 2.90. The first-order chi connectivity index (χ1) is 10.8. The standard InChI is InChI=1S/C18H24N4O/c1-12-6-5-7-14(19-12)17(23)20-13-8-9-16-21-15(18(2,3)4)11-22(16)10-13/h5-7,11,13H,8-10H2,1-4H3,(H,20,23)/t13-/m0/s1. The fourth-order valence-corrected chi connectivity index (χ4v) is 2.85. The molecule has 1 atom stereocenters. The van der Waals surface area contributed by atoms with Gasteiger partial charge in [0.2, 0.25) is 0 Å². The van der Waals surface area contributed by atoms with Crippen LogP contribution < -0.4 is 5.32 Å². The van der Waals surface area contributed by atoms with E-state index in [4.69, 9.17) is 4.98 Å². The minimum atomic E-state index is -0.0988. The normalized spacial score (nSPS) is 17.7. The largest absolute Gasteiger partial charge is 0.346 e. The monoisotopic (exact) mass is 312 g/mol. The van der Waals surface area contributed by atoms with Crippen molar-refractivity contribution in [1.29, 1.82) is 0 Å². The molecule has 2 aromatic rings. The number of pyridine rings is 1. The molecule has 0 saturated heterocycles. The van der Waals surface area contributed by atoms with Crippen molar-refractivity contribution in [3.05, 3.63) is 47.3 Å². The molecule has 1 amide bonds. The predicted molar refractivity (Wildman–Crippen MR) is 89.5 cm³/mol. The summed E-state index contributed by atoms with van der Waals surface area (Å²) >= 11 is 0. The first-order valence-electron chi connectivity index (χ1n) is 8.14. The molecule has 0 radical (unpaired) electrons. The maximum Gasteiger partial charge on any atom is 0.270 e. The van der Waals surface area contributed by atoms with Crippen molar-refractivity contribution < 1.29 is 4.79 Å². The van der Waals surface area contributed by atoms with Crippen LogP contribution in [0.5, 0.6) is 0 Å². The molecule has 122 valence electrons. The molecule has 0 aromatic carbocycles. The Kier molecular flexibility index (Phi) is 3.96. The molecule has 5 nitrogen and oxygen atoms in total. The van der Waals surface area contributed by atoms with E-state index < -0.39 is 0 Å². The van der Waals surface area contributed by atoms with Gasteiger partial charge in [-0.3, -0.25) is 4.79 Å². The first-order valence-corrected chi connectivity index (χ1v) is 8.14. The van der Waals surface area contributed by atoms with Gasteiger partial charge in [-0.25, -0.2) is 9.97 Å². The van der Waals surface area contributed by atoms with Crippen molar-refractivity contribution in [2.45, 2.75) is 58.5 Å². The second kappa shape index (κ2) is 5.80. The minimum absolute atomic E-state index is 0.0502. The van der Waals surface area contributed by atoms with E-state index in [2.05, 4.69) is 41.8 Å². The van der Waals surface area contributed by atoms with E-state index in [-0.39, 0.29) is 17.4 Å². The topological polar surface area (TPSA) is 59.8 Å². The fraction of sp³-hybridized carbons (Fsp3) is 0.500. The lowest BCUT2D eigenvalue weighted by atomic mass is 9.93. The van der Waals surface area contributed by atoms with Gasteiger partial charge in [-0.05, 0) is 25.5 Å². The second-order valence-corrected chi connectivity index (χ2v) is 7.32. The number of rotatable bonds is 2. The third kappa shape index (κ3) is 3.44. The SMILES string of the molecule is Cc1cccc(C(=O)N[C@H]2CCc3nc(C(C)(C)C)cn3C2)n1. The molecular weight excluding hydrogens is 288 g/mol. The Balaban J connectivity index is 1.70. The molecule has 1 aliphatic rings. The fourth-order valence-electron chi connectivity index (χ4n) is 2.85. The van der Waals surface area contributed by atoms with Crippen LogP contribution in [0.3, 0.4) is 0 Å². The van der Waals surface area contributed by atoms with Crippen LogP contribution in [-0.2, 0) is 18.4 Å². The number of amides is 1. The van der Waals surface area contributed by atoms with Gasteiger partial charge in [0.1, 0.15) is 11.5 Å². The lowest BCUT2D eigenvalue weighted by Crippen LogP contribution is -2.41. The van der Waals surface area contributed by atoms with Crippen molar-refractivity contribution >= 4 is 5.91 Å². The molecule has 1 aliphatic heterocycles. The van der Waals surface area contributed by atoms with Crippen LogP contribution in [0.25, 0.3) is 0 Å². The summed E-state index contributed by atoms with van der Waals surface area (Å²) in [5.41, 5.74) is 2.50. The number of carbonyl (C=O) groups is 1. The predicted octanol–water partition coefficient (Wildman–Crippen LogP) is 2.63. The number of nitrogens with zero attached hydrogens (tertiary/aromatic N) is 3. The molecule has 0 saturated carbocycles. The average molecular weight is 312 g/mol. The van der Waals surface area contributed by atoms with E-state index >= 15 is 0 Å². The Labute approximate surface area is 137 Å². The maximum absolute atomic E-state index is 12.3. The summed E-state index contributed by atoms with van der Waals surface area (Å²) in [5, 5.41) is 3.10. The van der Waals surface area contributed by atoms with E-state index in [0.29, 0.717) is 5.69 Å². The van der Waals surface area contributed by atoms with Gasteiger partial charge < -0.3 is 9.88 Å². The Hall–Kier alpha value is -2.17. The lowest BCUT2D eigenvalue weighted by Gasteiger charge is -2.24. The van der Waals surface area contributed by atoms with E-state index in [9.17, 15) is 4.79 Å². The molecule has 1 N–H and O–H groups in total. The number of hydrogen-bond donors (Lipinski definition) is 1. The molecule has 0 bridgehead atoms. The van der Waals surface area contributed by atoms with E-state index in [1.807, 2.05) is 19.1 Å². The zero-order chi connectivity index (χ0) is 16.6. The minimum Gasteiger partial charge on any atom is -0.346 e. The molecule has 0 spiro atoms. The number of carbonyl (C=O) groups excluding carboxylic acids is 1. The third-order valence-electron chi connectivity index (χ3n) is 4.22. The summed E-state index contributed by atoms with van der Waals surface area (Å²) in [7, 11) is 0. The van der Waals surface area contributed by atoms with Gasteiger partial charge in [0, 0.05) is 36.3 Å². The highest BCUT2D eigenvalue weighted by atomic mass is 16.1. The first kappa shape index (κ1) is 15.7. The molecular formula is C18H24N4O. The van der Waals surface area contributed by atoms with Crippen molar-refractivity contribution in [3.63, 3.8) is 0 Å². The Bertz CT molecular complexity index is 727. The summed E-state index contributed by atoms with van der Waals surface area (Å²) in [4.78, 5) is 21.4. The van der Waals surface area contributed by atoms with Gasteiger partial charge in [0.25, 0.3) is 5.91 Å². The smallest absolute Gasteiger partial charge is 0.270 e. The molecule has 0 aliphatic carbocycles. The molecule has 3 rings (SSSR count). The lowest BCUT2D eigenvalue weighted by molar-refractivity contribution is 0.0922. The summed E-state index contributed by atoms with van der Waals surface area (Å²) < 4.78 is 2.18. The molecule has 0 unspecified atom stereocenters. The quantitative estimate of drug-likeness (QED) is 0.927. The van der Waals surface area contributed by atoms with E-state index in [1.165, 1.54) is 0 Å². The summed E-state index contributed by atoms with van der Waals surface area (Å²) in [5.74, 6) is 1.02. The van der Waals surface area contributed by atoms with Crippen LogP contribution in [0, 0.1) is 6.92 Å². The number of fused-ring (bicyclic) bond motifs is 1. The summed E-state index contributed by atoms with van der Waals surface area (Å²) in [6.07, 6.45) is 3.93. The molecule has 0 fully saturated rings. The molecule has 3 heterocycles. The van der Waals surface area contributed by atoms with Crippen LogP contribution in [0.4, 0.5) is 0 Å². The Morgan fingerprint density at radius 3 is 2.78 bits per heavy atom. The van der Waals surface area contributed by atoms with Gasteiger partial charge in [0.05, 0.1) is 5.69 Å². The number of nitrogens with one attached hydrogen (secondary N) is 1. The van der Waals surface area contributed by atoms with Crippen molar-refractivity contribution in [2.24, 2.45) is 0 Å². The summed E-state index contributed by atoms with van der Waals surface area (Å²) in [6.45, 7) is 9.18. The number of aromatic nitrogens is 3.